The number of unbranched alkanes of at least 4 members (excludes halogenated alkanes) is 39. The number of amides is 3. The van der Waals surface area contributed by atoms with Crippen molar-refractivity contribution in [3.05, 3.63) is 0 Å². The predicted octanol–water partition coefficient (Wildman–Crippen LogP) is 15.9. The van der Waals surface area contributed by atoms with Gasteiger partial charge in [0, 0.05) is 153 Å². The normalized spacial score (nSPS) is 22.1. The Labute approximate surface area is 848 Å². The van der Waals surface area contributed by atoms with E-state index in [2.05, 4.69) is 29.8 Å². The lowest BCUT2D eigenvalue weighted by Crippen LogP contribution is -2.55. The number of hydrogen-bond donors (Lipinski definition) is 12. The fourth-order valence-electron chi connectivity index (χ4n) is 18.2. The molecule has 3 fully saturated rings. The number of aliphatic hydroxyl groups excluding tert-OH is 9. The van der Waals surface area contributed by atoms with Gasteiger partial charge in [-0.1, -0.05) is 247 Å². The van der Waals surface area contributed by atoms with Crippen LogP contribution in [0.15, 0.2) is 0 Å². The third-order valence-corrected chi connectivity index (χ3v) is 27.6. The summed E-state index contributed by atoms with van der Waals surface area (Å²) in [4.78, 5) is 106. The Morgan fingerprint density at radius 1 is 0.284 bits per heavy atom. The summed E-state index contributed by atoms with van der Waals surface area (Å²) in [7, 11) is 0. The van der Waals surface area contributed by atoms with Crippen molar-refractivity contribution >= 4 is 46.8 Å². The molecule has 0 aromatic carbocycles. The minimum atomic E-state index is -1.23. The van der Waals surface area contributed by atoms with E-state index in [9.17, 15) is 84.3 Å². The van der Waals surface area contributed by atoms with E-state index in [0.29, 0.717) is 161 Å². The number of hydrogen-bond acceptors (Lipinski definition) is 29. The molecule has 16 atom stereocenters. The zero-order chi connectivity index (χ0) is 103. The number of carbonyl (C=O) groups is 8. The minimum absolute atomic E-state index is 0.0184. The zero-order valence-electron chi connectivity index (χ0n) is 88.3. The Bertz CT molecular complexity index is 2860. The molecule has 0 aliphatic carbocycles. The van der Waals surface area contributed by atoms with Crippen LogP contribution in [0.4, 0.5) is 4.79 Å². The Morgan fingerprint density at radius 2 is 0.567 bits per heavy atom. The van der Waals surface area contributed by atoms with Crippen molar-refractivity contribution in [1.82, 2.24) is 16.0 Å². The number of rotatable bonds is 99. The van der Waals surface area contributed by atoms with Gasteiger partial charge < -0.3 is 119 Å². The summed E-state index contributed by atoms with van der Waals surface area (Å²) in [6.45, 7) is 11.2. The van der Waals surface area contributed by atoms with E-state index in [4.69, 9.17) is 56.8 Å². The van der Waals surface area contributed by atoms with E-state index in [1.807, 2.05) is 0 Å². The Hall–Kier alpha value is -4.24. The van der Waals surface area contributed by atoms with Gasteiger partial charge in [-0.05, 0) is 96.3 Å². The van der Waals surface area contributed by atoms with Crippen molar-refractivity contribution in [3.63, 3.8) is 0 Å². The molecule has 0 radical (unpaired) electrons. The summed E-state index contributed by atoms with van der Waals surface area (Å²) in [6.07, 6.45) is 39.4. The number of alkyl carbamates (subject to hydrolysis) is 1. The first-order valence-corrected chi connectivity index (χ1v) is 56.1. The highest BCUT2D eigenvalue weighted by molar-refractivity contribution is 5.80. The van der Waals surface area contributed by atoms with Crippen LogP contribution < -0.4 is 16.0 Å². The Kier molecular flexibility index (Phi) is 81.3. The number of ketones is 5. The van der Waals surface area contributed by atoms with E-state index < -0.39 is 129 Å². The van der Waals surface area contributed by atoms with Gasteiger partial charge in [-0.2, -0.15) is 0 Å². The van der Waals surface area contributed by atoms with Gasteiger partial charge >= 0.3 is 6.09 Å². The van der Waals surface area contributed by atoms with Crippen LogP contribution in [0.5, 0.6) is 0 Å². The van der Waals surface area contributed by atoms with Crippen molar-refractivity contribution in [2.45, 2.75) is 500 Å². The van der Waals surface area contributed by atoms with Gasteiger partial charge in [0.25, 0.3) is 0 Å². The number of ether oxygens (including phenoxy) is 12. The second kappa shape index (κ2) is 87.6. The van der Waals surface area contributed by atoms with Gasteiger partial charge in [-0.25, -0.2) is 4.79 Å². The molecule has 141 heavy (non-hydrogen) atoms. The molecule has 32 heteroatoms. The smallest absolute Gasteiger partial charge is 0.407 e. The summed E-state index contributed by atoms with van der Waals surface area (Å²) < 4.78 is 71.5. The molecule has 0 aromatic heterocycles. The molecule has 826 valence electrons. The first-order valence-electron chi connectivity index (χ1n) is 56.1. The fourth-order valence-corrected chi connectivity index (χ4v) is 18.2. The molecule has 3 amide bonds. The Morgan fingerprint density at radius 3 is 0.929 bits per heavy atom. The largest absolute Gasteiger partial charge is 0.447 e. The van der Waals surface area contributed by atoms with Crippen LogP contribution >= 0.6 is 0 Å². The maximum atomic E-state index is 14.4. The van der Waals surface area contributed by atoms with Crippen LogP contribution in [-0.2, 0) is 90.4 Å². The molecule has 3 aliphatic rings. The highest BCUT2D eigenvalue weighted by atomic mass is 16.7. The van der Waals surface area contributed by atoms with E-state index in [1.54, 1.807) is 20.8 Å². The third-order valence-electron chi connectivity index (χ3n) is 27.6. The number of nitrogens with one attached hydrogen (secondary N) is 3. The van der Waals surface area contributed by atoms with Crippen molar-refractivity contribution in [2.75, 3.05) is 125 Å². The molecule has 3 rings (SSSR count). The average molecular weight is 2020 g/mol. The van der Waals surface area contributed by atoms with E-state index in [0.717, 1.165) is 25.7 Å². The summed E-state index contributed by atoms with van der Waals surface area (Å²) in [5, 5.41) is 98.9. The molecule has 32 nitrogen and oxygen atoms in total. The summed E-state index contributed by atoms with van der Waals surface area (Å²) in [5.74, 6) is -2.05. The van der Waals surface area contributed by atoms with E-state index in [1.165, 1.54) is 180 Å². The van der Waals surface area contributed by atoms with Gasteiger partial charge in [-0.3, -0.25) is 33.6 Å². The van der Waals surface area contributed by atoms with Crippen LogP contribution in [0.2, 0.25) is 0 Å². The predicted molar refractivity (Wildman–Crippen MR) is 543 cm³/mol. The molecule has 12 N–H and O–H groups in total. The molecular weight excluding hydrogens is 1820 g/mol. The molecule has 0 aromatic rings. The summed E-state index contributed by atoms with van der Waals surface area (Å²) in [6, 6.07) is 0. The van der Waals surface area contributed by atoms with Gasteiger partial charge in [0.05, 0.1) is 84.4 Å². The molecule has 3 saturated heterocycles. The lowest BCUT2D eigenvalue weighted by Gasteiger charge is -2.40. The van der Waals surface area contributed by atoms with Crippen LogP contribution in [-0.4, -0.2) is 298 Å². The van der Waals surface area contributed by atoms with E-state index in [-0.39, 0.29) is 165 Å². The maximum absolute atomic E-state index is 14.4. The quantitative estimate of drug-likeness (QED) is 0.0252. The zero-order valence-corrected chi connectivity index (χ0v) is 88.3. The van der Waals surface area contributed by atoms with Crippen LogP contribution in [0, 0.1) is 23.2 Å². The number of Topliss-reactive ketones (excluding diaryl/α,β-unsaturated/α-hetero) is 5. The molecule has 0 spiro atoms. The molecule has 15 unspecified atom stereocenters. The summed E-state index contributed by atoms with van der Waals surface area (Å²) >= 11 is 0. The van der Waals surface area contributed by atoms with Crippen molar-refractivity contribution in [1.29, 1.82) is 0 Å². The highest BCUT2D eigenvalue weighted by Crippen LogP contribution is 2.33. The topological polar surface area (TPSA) is 465 Å². The SMILES string of the molecule is CCCCCCCCCCCCCCCCCCOC[C@H](COC(=O)NCCCCCC(=O)CC(COCCC(=O)CCCCCC(=O)CCCCOC1OC(CO)C(O)C(O)C1C)(COCCC(=O)CCCCCC(=O)CCCCOC1OC(CO)C(O)C(O)C1C)COCCC(=O)NCCCNC(=O)CCCCOC1OC(CO)C(O)C(O)C1C)OCCCCCCCCCCCCCCCCCC. The first kappa shape index (κ1) is 131. The van der Waals surface area contributed by atoms with E-state index >= 15 is 0 Å². The highest BCUT2D eigenvalue weighted by Gasteiger charge is 2.45. The van der Waals surface area contributed by atoms with Gasteiger partial charge in [0.1, 0.15) is 78.3 Å². The fraction of sp³-hybridized carbons (Fsp3) is 0.927. The van der Waals surface area contributed by atoms with Crippen molar-refractivity contribution in [2.24, 2.45) is 23.2 Å². The third kappa shape index (κ3) is 66.1. The van der Waals surface area contributed by atoms with Gasteiger partial charge in [-0.15, -0.1) is 0 Å². The number of carbonyl (C=O) groups excluding carboxylic acids is 8. The Balaban J connectivity index is 1.63. The minimum Gasteiger partial charge on any atom is -0.447 e. The van der Waals surface area contributed by atoms with Gasteiger partial charge in [0.15, 0.2) is 18.9 Å². The summed E-state index contributed by atoms with van der Waals surface area (Å²) in [5.41, 5.74) is -1.14. The standard InChI is InChI=1S/C109H201N3O29/c1-6-8-10-12-14-16-18-20-22-24-26-28-30-32-34-48-68-130-80-93(134-69-49-35-33-31-29-27-25-23-21-19-17-15-13-11-9-7-2)81-138-108(129)112-65-47-38-43-60-92(120)76-109(82-131-73-62-90(118)56-41-36-39-54-88(116)58-44-50-70-135-105-85(3)99(123)102(126)94(77-113)139-105,83-132-74-63-91(119)57-42-37-40-55-89(117)59-45-51-71-136-106-86(4)100(124)103(127)95(78-114)140-106)84-133-75-64-98(122)111-67-53-66-110-97(121)61-46-52-72-137-107-87(5)101(125)104(128)96(79-115)141-107/h85-87,93-96,99-107,113-115,123-128H,6-84H2,1-5H3,(H,110,121)(H,111,122)(H,112,129)/t85?,86?,87?,93-,94?,95?,96?,99?,100?,101?,102?,103?,104?,105?,106?,107?,109?/m1/s1. The molecular formula is C109H201N3O29. The second-order valence-corrected chi connectivity index (χ2v) is 40.6. The van der Waals surface area contributed by atoms with Crippen molar-refractivity contribution < 1.29 is 141 Å². The maximum Gasteiger partial charge on any atom is 0.407 e. The van der Waals surface area contributed by atoms with Crippen LogP contribution in [0.25, 0.3) is 0 Å². The lowest BCUT2D eigenvalue weighted by molar-refractivity contribution is -0.282. The van der Waals surface area contributed by atoms with Crippen LogP contribution in [0.3, 0.4) is 0 Å². The molecule has 3 aliphatic heterocycles. The van der Waals surface area contributed by atoms with Crippen molar-refractivity contribution in [3.8, 4) is 0 Å². The molecule has 3 heterocycles. The molecule has 0 bridgehead atoms. The lowest BCUT2D eigenvalue weighted by atomic mass is 9.84. The average Bonchev–Trinajstić information content (AvgIpc) is 0.823. The first-order chi connectivity index (χ1) is 68.4. The second-order valence-electron chi connectivity index (χ2n) is 40.6. The monoisotopic (exact) mass is 2020 g/mol. The number of aliphatic hydroxyl groups is 9. The van der Waals surface area contributed by atoms with Crippen LogP contribution in [0.1, 0.15) is 420 Å². The van der Waals surface area contributed by atoms with Gasteiger partial charge in [0.2, 0.25) is 11.8 Å². The molecule has 0 saturated carbocycles.